The van der Waals surface area contributed by atoms with E-state index in [-0.39, 0.29) is 6.04 Å². The van der Waals surface area contributed by atoms with Gasteiger partial charge in [-0.3, -0.25) is 4.90 Å². The zero-order valence-corrected chi connectivity index (χ0v) is 12.3. The summed E-state index contributed by atoms with van der Waals surface area (Å²) in [5.41, 5.74) is 8.45. The number of hydrogen-bond acceptors (Lipinski definition) is 4. The van der Waals surface area contributed by atoms with Crippen molar-refractivity contribution in [2.24, 2.45) is 5.73 Å². The van der Waals surface area contributed by atoms with E-state index in [1.807, 2.05) is 6.07 Å². The predicted octanol–water partition coefficient (Wildman–Crippen LogP) is 1.80. The Hall–Kier alpha value is -0.940. The molecule has 2 N–H and O–H groups in total. The molecule has 0 aliphatic carbocycles. The van der Waals surface area contributed by atoms with E-state index in [1.165, 1.54) is 11.1 Å². The third kappa shape index (κ3) is 4.58. The molecule has 1 aromatic rings. The van der Waals surface area contributed by atoms with Gasteiger partial charge in [-0.05, 0) is 17.7 Å². The second kappa shape index (κ2) is 9.04. The second-order valence-electron chi connectivity index (χ2n) is 4.50. The van der Waals surface area contributed by atoms with Gasteiger partial charge in [-0.2, -0.15) is 0 Å². The van der Waals surface area contributed by atoms with Crippen molar-refractivity contribution in [3.8, 4) is 0 Å². The van der Waals surface area contributed by atoms with Crippen LogP contribution in [0.2, 0.25) is 0 Å². The Labute approximate surface area is 116 Å². The minimum Gasteiger partial charge on any atom is -0.383 e. The molecule has 0 radical (unpaired) electrons. The molecule has 4 nitrogen and oxygen atoms in total. The number of nitrogens with two attached hydrogens (primary N) is 1. The van der Waals surface area contributed by atoms with Gasteiger partial charge in [-0.25, -0.2) is 0 Å². The van der Waals surface area contributed by atoms with E-state index in [9.17, 15) is 0 Å². The average Bonchev–Trinajstić information content (AvgIpc) is 2.45. The monoisotopic (exact) mass is 266 g/mol. The summed E-state index contributed by atoms with van der Waals surface area (Å²) in [6, 6.07) is 8.55. The molecule has 0 aromatic heterocycles. The highest BCUT2D eigenvalue weighted by molar-refractivity contribution is 5.30. The zero-order valence-electron chi connectivity index (χ0n) is 12.3. The molecule has 0 heterocycles. The van der Waals surface area contributed by atoms with Crippen LogP contribution in [0.5, 0.6) is 0 Å². The van der Waals surface area contributed by atoms with Gasteiger partial charge in [0.2, 0.25) is 0 Å². The van der Waals surface area contributed by atoms with Gasteiger partial charge in [-0.15, -0.1) is 0 Å². The molecule has 1 unspecified atom stereocenters. The molecular formula is C15H26N2O2. The first-order valence-electron chi connectivity index (χ1n) is 6.78. The molecule has 0 saturated carbocycles. The Morgan fingerprint density at radius 3 is 2.53 bits per heavy atom. The largest absolute Gasteiger partial charge is 0.383 e. The van der Waals surface area contributed by atoms with Gasteiger partial charge in [0.15, 0.2) is 0 Å². The van der Waals surface area contributed by atoms with E-state index in [2.05, 4.69) is 30.0 Å². The molecule has 1 rings (SSSR count). The summed E-state index contributed by atoms with van der Waals surface area (Å²) in [5, 5.41) is 0. The van der Waals surface area contributed by atoms with E-state index < -0.39 is 0 Å². The summed E-state index contributed by atoms with van der Waals surface area (Å²) in [7, 11) is 3.45. The van der Waals surface area contributed by atoms with E-state index in [4.69, 9.17) is 15.2 Å². The van der Waals surface area contributed by atoms with Crippen molar-refractivity contribution in [3.05, 3.63) is 35.4 Å². The maximum absolute atomic E-state index is 5.99. The third-order valence-corrected chi connectivity index (χ3v) is 3.37. The molecule has 108 valence electrons. The van der Waals surface area contributed by atoms with Crippen LogP contribution in [0.1, 0.15) is 24.1 Å². The Morgan fingerprint density at radius 1 is 1.21 bits per heavy atom. The number of methoxy groups -OCH3 is 2. The van der Waals surface area contributed by atoms with E-state index >= 15 is 0 Å². The van der Waals surface area contributed by atoms with Crippen molar-refractivity contribution in [3.63, 3.8) is 0 Å². The maximum atomic E-state index is 5.99. The van der Waals surface area contributed by atoms with Crippen molar-refractivity contribution in [2.75, 3.05) is 40.5 Å². The SMILES string of the molecule is CCN(CCOC)C(CN)c1ccccc1COC. The molecule has 0 fully saturated rings. The normalized spacial score (nSPS) is 12.9. The lowest BCUT2D eigenvalue weighted by Gasteiger charge is -2.31. The second-order valence-corrected chi connectivity index (χ2v) is 4.50. The van der Waals surface area contributed by atoms with Gasteiger partial charge in [0.1, 0.15) is 0 Å². The smallest absolute Gasteiger partial charge is 0.0716 e. The van der Waals surface area contributed by atoms with E-state index in [0.717, 1.165) is 19.7 Å². The minimum absolute atomic E-state index is 0.214. The van der Waals surface area contributed by atoms with Gasteiger partial charge >= 0.3 is 0 Å². The molecule has 1 atom stereocenters. The Kier molecular flexibility index (Phi) is 7.67. The number of benzene rings is 1. The highest BCUT2D eigenvalue weighted by Crippen LogP contribution is 2.23. The van der Waals surface area contributed by atoms with Crippen molar-refractivity contribution in [2.45, 2.75) is 19.6 Å². The molecule has 1 aromatic carbocycles. The summed E-state index contributed by atoms with van der Waals surface area (Å²) in [5.74, 6) is 0. The highest BCUT2D eigenvalue weighted by Gasteiger charge is 2.19. The van der Waals surface area contributed by atoms with Crippen molar-refractivity contribution >= 4 is 0 Å². The molecular weight excluding hydrogens is 240 g/mol. The van der Waals surface area contributed by atoms with Crippen LogP contribution in [-0.2, 0) is 16.1 Å². The molecule has 0 spiro atoms. The van der Waals surface area contributed by atoms with Gasteiger partial charge in [0, 0.05) is 33.4 Å². The predicted molar refractivity (Wildman–Crippen MR) is 78.1 cm³/mol. The fraction of sp³-hybridized carbons (Fsp3) is 0.600. The zero-order chi connectivity index (χ0) is 14.1. The highest BCUT2D eigenvalue weighted by atomic mass is 16.5. The summed E-state index contributed by atoms with van der Waals surface area (Å²) < 4.78 is 10.4. The molecule has 0 aliphatic rings. The summed E-state index contributed by atoms with van der Waals surface area (Å²) >= 11 is 0. The van der Waals surface area contributed by atoms with E-state index in [1.54, 1.807) is 14.2 Å². The fourth-order valence-corrected chi connectivity index (χ4v) is 2.36. The van der Waals surface area contributed by atoms with Gasteiger partial charge in [0.05, 0.1) is 13.2 Å². The maximum Gasteiger partial charge on any atom is 0.0716 e. The Bertz CT molecular complexity index is 358. The first-order chi connectivity index (χ1) is 9.28. The van der Waals surface area contributed by atoms with Gasteiger partial charge in [-0.1, -0.05) is 31.2 Å². The van der Waals surface area contributed by atoms with Crippen LogP contribution in [0.3, 0.4) is 0 Å². The average molecular weight is 266 g/mol. The third-order valence-electron chi connectivity index (χ3n) is 3.37. The Morgan fingerprint density at radius 2 is 1.95 bits per heavy atom. The summed E-state index contributed by atoms with van der Waals surface area (Å²) in [6.45, 7) is 5.92. The van der Waals surface area contributed by atoms with Crippen LogP contribution < -0.4 is 5.73 Å². The van der Waals surface area contributed by atoms with Crippen molar-refractivity contribution in [1.29, 1.82) is 0 Å². The number of rotatable bonds is 9. The molecule has 0 saturated heterocycles. The molecule has 0 aliphatic heterocycles. The van der Waals surface area contributed by atoms with Crippen LogP contribution in [-0.4, -0.2) is 45.4 Å². The van der Waals surface area contributed by atoms with Gasteiger partial charge in [0.25, 0.3) is 0 Å². The van der Waals surface area contributed by atoms with E-state index in [0.29, 0.717) is 13.2 Å². The van der Waals surface area contributed by atoms with Crippen LogP contribution in [0.4, 0.5) is 0 Å². The standard InChI is InChI=1S/C15H26N2O2/c1-4-17(9-10-18-2)15(11-16)14-8-6-5-7-13(14)12-19-3/h5-8,15H,4,9-12,16H2,1-3H3. The molecule has 4 heteroatoms. The lowest BCUT2D eigenvalue weighted by molar-refractivity contribution is 0.124. The van der Waals surface area contributed by atoms with Crippen LogP contribution in [0.25, 0.3) is 0 Å². The number of likely N-dealkylation sites (N-methyl/N-ethyl adjacent to an activating group) is 1. The van der Waals surface area contributed by atoms with Crippen LogP contribution in [0.15, 0.2) is 24.3 Å². The summed E-state index contributed by atoms with van der Waals surface area (Å²) in [6.07, 6.45) is 0. The molecule has 0 bridgehead atoms. The molecule has 0 amide bonds. The lowest BCUT2D eigenvalue weighted by atomic mass is 9.99. The number of nitrogens with zero attached hydrogens (tertiary/aromatic N) is 1. The van der Waals surface area contributed by atoms with Crippen LogP contribution >= 0.6 is 0 Å². The van der Waals surface area contributed by atoms with Crippen molar-refractivity contribution in [1.82, 2.24) is 4.90 Å². The summed E-state index contributed by atoms with van der Waals surface area (Å²) in [4.78, 5) is 2.35. The first-order valence-corrected chi connectivity index (χ1v) is 6.78. The lowest BCUT2D eigenvalue weighted by Crippen LogP contribution is -2.36. The number of hydrogen-bond donors (Lipinski definition) is 1. The Balaban J connectivity index is 2.93. The first kappa shape index (κ1) is 16.1. The fourth-order valence-electron chi connectivity index (χ4n) is 2.36. The quantitative estimate of drug-likeness (QED) is 0.740. The minimum atomic E-state index is 0.214. The van der Waals surface area contributed by atoms with Gasteiger partial charge < -0.3 is 15.2 Å². The van der Waals surface area contributed by atoms with Crippen LogP contribution in [0, 0.1) is 0 Å². The molecule has 19 heavy (non-hydrogen) atoms. The number of ether oxygens (including phenoxy) is 2. The topological polar surface area (TPSA) is 47.7 Å². The van der Waals surface area contributed by atoms with Crippen molar-refractivity contribution < 1.29 is 9.47 Å².